The Balaban J connectivity index is 1.63. The Morgan fingerprint density at radius 1 is 1.15 bits per heavy atom. The summed E-state index contributed by atoms with van der Waals surface area (Å²) in [5.74, 6) is 1.74. The van der Waals surface area contributed by atoms with Gasteiger partial charge in [-0.25, -0.2) is 5.01 Å². The number of nitrogens with zero attached hydrogens (tertiary/aromatic N) is 2. The SMILES string of the molecule is COc1cccc2c1O[C@@H](c1cccs1)N1N=C(c3ccccc3O)C[C@@H]21. The van der Waals surface area contributed by atoms with Gasteiger partial charge in [0, 0.05) is 17.5 Å². The third-order valence-corrected chi connectivity index (χ3v) is 5.90. The van der Waals surface area contributed by atoms with E-state index in [4.69, 9.17) is 14.6 Å². The Hall–Kier alpha value is -2.99. The molecule has 2 aliphatic rings. The standard InChI is InChI=1S/C21H18N2O3S/c1-25-18-9-4-7-14-16-12-15(13-6-2-3-8-17(13)24)22-23(16)21(26-20(14)18)19-10-5-11-27-19/h2-11,16,21,24H,12H2,1H3/t16-,21-/m0/s1. The monoisotopic (exact) mass is 378 g/mol. The van der Waals surface area contributed by atoms with Crippen LogP contribution in [-0.2, 0) is 0 Å². The first-order chi connectivity index (χ1) is 13.3. The highest BCUT2D eigenvalue weighted by Crippen LogP contribution is 2.51. The number of fused-ring (bicyclic) bond motifs is 3. The van der Waals surface area contributed by atoms with Crippen molar-refractivity contribution in [3.8, 4) is 17.2 Å². The summed E-state index contributed by atoms with van der Waals surface area (Å²) < 4.78 is 11.9. The number of rotatable bonds is 3. The zero-order chi connectivity index (χ0) is 18.4. The van der Waals surface area contributed by atoms with Crippen LogP contribution in [0.1, 0.15) is 34.7 Å². The lowest BCUT2D eigenvalue weighted by Gasteiger charge is -2.38. The van der Waals surface area contributed by atoms with E-state index in [1.807, 2.05) is 46.8 Å². The van der Waals surface area contributed by atoms with Crippen molar-refractivity contribution in [3.05, 3.63) is 76.0 Å². The van der Waals surface area contributed by atoms with Crippen molar-refractivity contribution < 1.29 is 14.6 Å². The van der Waals surface area contributed by atoms with Crippen molar-refractivity contribution in [2.45, 2.75) is 18.7 Å². The van der Waals surface area contributed by atoms with Gasteiger partial charge >= 0.3 is 0 Å². The summed E-state index contributed by atoms with van der Waals surface area (Å²) in [7, 11) is 1.66. The number of ether oxygens (including phenoxy) is 2. The number of benzene rings is 2. The Labute approximate surface area is 161 Å². The Morgan fingerprint density at radius 2 is 2.04 bits per heavy atom. The molecule has 0 amide bonds. The number of hydrogen-bond acceptors (Lipinski definition) is 6. The van der Waals surface area contributed by atoms with Crippen molar-refractivity contribution >= 4 is 17.0 Å². The van der Waals surface area contributed by atoms with E-state index in [1.165, 1.54) is 0 Å². The van der Waals surface area contributed by atoms with Gasteiger partial charge in [-0.3, -0.25) is 0 Å². The summed E-state index contributed by atoms with van der Waals surface area (Å²) in [5, 5.41) is 19.2. The highest BCUT2D eigenvalue weighted by atomic mass is 32.1. The topological polar surface area (TPSA) is 54.3 Å². The van der Waals surface area contributed by atoms with E-state index in [0.29, 0.717) is 6.42 Å². The second kappa shape index (κ2) is 6.32. The largest absolute Gasteiger partial charge is 0.507 e. The third kappa shape index (κ3) is 2.56. The van der Waals surface area contributed by atoms with Crippen molar-refractivity contribution in [3.63, 3.8) is 0 Å². The Bertz CT molecular complexity index is 1020. The zero-order valence-corrected chi connectivity index (χ0v) is 15.5. The molecule has 1 N–H and O–H groups in total. The number of hydrogen-bond donors (Lipinski definition) is 1. The summed E-state index contributed by atoms with van der Waals surface area (Å²) in [6, 6.07) is 17.4. The molecule has 5 nitrogen and oxygen atoms in total. The van der Waals surface area contributed by atoms with E-state index in [1.54, 1.807) is 24.5 Å². The number of para-hydroxylation sites is 2. The summed E-state index contributed by atoms with van der Waals surface area (Å²) in [5.41, 5.74) is 2.68. The van der Waals surface area contributed by atoms with Crippen LogP contribution in [0.3, 0.4) is 0 Å². The fourth-order valence-electron chi connectivity index (χ4n) is 3.74. The second-order valence-electron chi connectivity index (χ2n) is 6.53. The minimum Gasteiger partial charge on any atom is -0.507 e. The molecule has 136 valence electrons. The van der Waals surface area contributed by atoms with Crippen molar-refractivity contribution in [1.29, 1.82) is 0 Å². The van der Waals surface area contributed by atoms with Crippen LogP contribution in [0, 0.1) is 0 Å². The highest BCUT2D eigenvalue weighted by molar-refractivity contribution is 7.10. The second-order valence-corrected chi connectivity index (χ2v) is 7.51. The van der Waals surface area contributed by atoms with Crippen LogP contribution in [0.15, 0.2) is 65.1 Å². The summed E-state index contributed by atoms with van der Waals surface area (Å²) >= 11 is 1.64. The third-order valence-electron chi connectivity index (χ3n) is 5.00. The maximum Gasteiger partial charge on any atom is 0.223 e. The smallest absolute Gasteiger partial charge is 0.223 e. The molecule has 0 aliphatic carbocycles. The van der Waals surface area contributed by atoms with Crippen LogP contribution in [0.2, 0.25) is 0 Å². The first-order valence-electron chi connectivity index (χ1n) is 8.77. The van der Waals surface area contributed by atoms with Crippen LogP contribution in [0.25, 0.3) is 0 Å². The van der Waals surface area contributed by atoms with E-state index in [2.05, 4.69) is 12.1 Å². The summed E-state index contributed by atoms with van der Waals surface area (Å²) in [6.45, 7) is 0. The highest BCUT2D eigenvalue weighted by Gasteiger charge is 2.42. The van der Waals surface area contributed by atoms with E-state index in [0.717, 1.165) is 33.2 Å². The summed E-state index contributed by atoms with van der Waals surface area (Å²) in [6.07, 6.45) is 0.380. The molecular weight excluding hydrogens is 360 g/mol. The molecule has 0 fully saturated rings. The maximum atomic E-state index is 10.3. The number of aromatic hydroxyl groups is 1. The van der Waals surface area contributed by atoms with Crippen LogP contribution in [0.4, 0.5) is 0 Å². The molecule has 6 heteroatoms. The molecule has 1 aromatic heterocycles. The number of phenolic OH excluding ortho intramolecular Hbond substituents is 1. The normalized spacial score (nSPS) is 20.5. The molecule has 2 aromatic carbocycles. The van der Waals surface area contributed by atoms with Gasteiger partial charge in [0.1, 0.15) is 5.75 Å². The molecule has 27 heavy (non-hydrogen) atoms. The minimum absolute atomic E-state index is 0.0329. The molecular formula is C21H18N2O3S. The fraction of sp³-hybridized carbons (Fsp3) is 0.190. The van der Waals surface area contributed by atoms with Crippen molar-refractivity contribution in [2.24, 2.45) is 5.10 Å². The van der Waals surface area contributed by atoms with Gasteiger partial charge in [-0.15, -0.1) is 11.3 Å². The zero-order valence-electron chi connectivity index (χ0n) is 14.7. The van der Waals surface area contributed by atoms with E-state index in [-0.39, 0.29) is 18.0 Å². The maximum absolute atomic E-state index is 10.3. The average molecular weight is 378 g/mol. The Kier molecular flexibility index (Phi) is 3.79. The number of hydrazone groups is 1. The van der Waals surface area contributed by atoms with Gasteiger partial charge in [-0.1, -0.05) is 30.3 Å². The molecule has 0 saturated heterocycles. The van der Waals surface area contributed by atoms with Crippen molar-refractivity contribution in [1.82, 2.24) is 5.01 Å². The van der Waals surface area contributed by atoms with Crippen LogP contribution in [0.5, 0.6) is 17.2 Å². The number of phenols is 1. The van der Waals surface area contributed by atoms with Gasteiger partial charge in [0.25, 0.3) is 0 Å². The van der Waals surface area contributed by atoms with Crippen LogP contribution < -0.4 is 9.47 Å². The fourth-order valence-corrected chi connectivity index (χ4v) is 4.49. The molecule has 2 aliphatic heterocycles. The lowest BCUT2D eigenvalue weighted by Crippen LogP contribution is -2.33. The predicted molar refractivity (Wildman–Crippen MR) is 105 cm³/mol. The molecule has 3 heterocycles. The van der Waals surface area contributed by atoms with E-state index >= 15 is 0 Å². The van der Waals surface area contributed by atoms with E-state index in [9.17, 15) is 5.11 Å². The molecule has 0 saturated carbocycles. The molecule has 0 unspecified atom stereocenters. The average Bonchev–Trinajstić information content (AvgIpc) is 3.37. The van der Waals surface area contributed by atoms with Gasteiger partial charge in [-0.05, 0) is 29.6 Å². The summed E-state index contributed by atoms with van der Waals surface area (Å²) in [4.78, 5) is 1.08. The lowest BCUT2D eigenvalue weighted by atomic mass is 9.96. The number of thiophene rings is 1. The van der Waals surface area contributed by atoms with Gasteiger partial charge in [0.15, 0.2) is 11.5 Å². The van der Waals surface area contributed by atoms with Crippen LogP contribution in [-0.4, -0.2) is 22.9 Å². The Morgan fingerprint density at radius 3 is 2.81 bits per heavy atom. The first kappa shape index (κ1) is 16.2. The van der Waals surface area contributed by atoms with Gasteiger partial charge in [0.05, 0.1) is 23.7 Å². The molecule has 0 radical (unpaired) electrons. The first-order valence-corrected chi connectivity index (χ1v) is 9.65. The molecule has 2 atom stereocenters. The van der Waals surface area contributed by atoms with Gasteiger partial charge in [0.2, 0.25) is 6.23 Å². The van der Waals surface area contributed by atoms with Gasteiger partial charge < -0.3 is 14.6 Å². The molecule has 3 aromatic rings. The number of methoxy groups -OCH3 is 1. The minimum atomic E-state index is -0.317. The lowest BCUT2D eigenvalue weighted by molar-refractivity contribution is -0.0184. The molecule has 5 rings (SSSR count). The predicted octanol–water partition coefficient (Wildman–Crippen LogP) is 4.70. The quantitative estimate of drug-likeness (QED) is 0.717. The van der Waals surface area contributed by atoms with Crippen molar-refractivity contribution in [2.75, 3.05) is 7.11 Å². The van der Waals surface area contributed by atoms with Crippen LogP contribution >= 0.6 is 11.3 Å². The molecule has 0 spiro atoms. The van der Waals surface area contributed by atoms with E-state index < -0.39 is 0 Å². The molecule has 0 bridgehead atoms. The van der Waals surface area contributed by atoms with Gasteiger partial charge in [-0.2, -0.15) is 5.10 Å².